The molecule has 2 aromatic rings. The Labute approximate surface area is 148 Å². The van der Waals surface area contributed by atoms with Crippen LogP contribution in [0.4, 0.5) is 0 Å². The number of thiophene rings is 1. The molecular weight excluding hydrogens is 318 g/mol. The zero-order chi connectivity index (χ0) is 17.2. The van der Waals surface area contributed by atoms with Gasteiger partial charge >= 0.3 is 0 Å². The van der Waals surface area contributed by atoms with Gasteiger partial charge in [-0.15, -0.1) is 11.3 Å². The van der Waals surface area contributed by atoms with E-state index in [1.165, 1.54) is 5.56 Å². The molecule has 0 aliphatic heterocycles. The molecule has 1 unspecified atom stereocenters. The molecule has 3 nitrogen and oxygen atoms in total. The zero-order valence-corrected chi connectivity index (χ0v) is 14.9. The van der Waals surface area contributed by atoms with Gasteiger partial charge in [-0.2, -0.15) is 0 Å². The van der Waals surface area contributed by atoms with Gasteiger partial charge in [0, 0.05) is 23.9 Å². The lowest BCUT2D eigenvalue weighted by Crippen LogP contribution is -2.14. The van der Waals surface area contributed by atoms with Gasteiger partial charge in [0.2, 0.25) is 0 Å². The van der Waals surface area contributed by atoms with Crippen molar-refractivity contribution in [2.24, 2.45) is 11.7 Å². The first-order valence-corrected chi connectivity index (χ1v) is 9.07. The van der Waals surface area contributed by atoms with Crippen molar-refractivity contribution in [3.63, 3.8) is 0 Å². The first-order chi connectivity index (χ1) is 11.7. The molecule has 0 aliphatic carbocycles. The molecule has 3 N–H and O–H groups in total. The lowest BCUT2D eigenvalue weighted by atomic mass is 10.0. The van der Waals surface area contributed by atoms with Crippen molar-refractivity contribution >= 4 is 11.3 Å². The maximum absolute atomic E-state index is 9.11. The van der Waals surface area contributed by atoms with Crippen molar-refractivity contribution in [2.75, 3.05) is 13.2 Å². The maximum Gasteiger partial charge on any atom is 0.0771 e. The van der Waals surface area contributed by atoms with Gasteiger partial charge in [-0.3, -0.25) is 0 Å². The van der Waals surface area contributed by atoms with E-state index < -0.39 is 0 Å². The summed E-state index contributed by atoms with van der Waals surface area (Å²) < 4.78 is 5.61. The quantitative estimate of drug-likeness (QED) is 0.567. The van der Waals surface area contributed by atoms with E-state index in [1.54, 1.807) is 11.3 Å². The maximum atomic E-state index is 9.11. The summed E-state index contributed by atoms with van der Waals surface area (Å²) in [7, 11) is 0. The predicted molar refractivity (Wildman–Crippen MR) is 99.7 cm³/mol. The lowest BCUT2D eigenvalue weighted by Gasteiger charge is -2.13. The minimum atomic E-state index is -0.0260. The Morgan fingerprint density at radius 3 is 2.75 bits per heavy atom. The molecule has 2 atom stereocenters. The number of hydrogen-bond donors (Lipinski definition) is 2. The molecule has 0 saturated carbocycles. The average Bonchev–Trinajstić information content (AvgIpc) is 3.08. The molecule has 2 rings (SSSR count). The molecular formula is C20H25NO2S. The van der Waals surface area contributed by atoms with Crippen LogP contribution < -0.4 is 5.73 Å². The summed E-state index contributed by atoms with van der Waals surface area (Å²) in [5, 5.41) is 9.11. The number of benzene rings is 1. The normalized spacial score (nSPS) is 13.1. The lowest BCUT2D eigenvalue weighted by molar-refractivity contribution is 0.126. The molecule has 0 amide bonds. The molecule has 1 aromatic carbocycles. The Kier molecular flexibility index (Phi) is 8.00. The second-order valence-corrected chi connectivity index (χ2v) is 7.04. The summed E-state index contributed by atoms with van der Waals surface area (Å²) in [5.41, 5.74) is 7.35. The summed E-state index contributed by atoms with van der Waals surface area (Å²) in [4.78, 5) is 2.15. The fourth-order valence-electron chi connectivity index (χ4n) is 2.28. The Balaban J connectivity index is 1.72. The summed E-state index contributed by atoms with van der Waals surface area (Å²) in [6.07, 6.45) is 1.50. The van der Waals surface area contributed by atoms with Gasteiger partial charge in [0.05, 0.1) is 18.1 Å². The smallest absolute Gasteiger partial charge is 0.0771 e. The van der Waals surface area contributed by atoms with Gasteiger partial charge < -0.3 is 15.6 Å². The fraction of sp³-hybridized carbons (Fsp3) is 0.400. The van der Waals surface area contributed by atoms with Crippen molar-refractivity contribution in [3.8, 4) is 11.8 Å². The van der Waals surface area contributed by atoms with E-state index in [0.717, 1.165) is 16.2 Å². The van der Waals surface area contributed by atoms with Crippen LogP contribution in [-0.4, -0.2) is 18.3 Å². The summed E-state index contributed by atoms with van der Waals surface area (Å²) in [6.45, 7) is 3.44. The molecule has 0 spiro atoms. The summed E-state index contributed by atoms with van der Waals surface area (Å²) in [6, 6.07) is 14.2. The van der Waals surface area contributed by atoms with E-state index in [2.05, 4.69) is 24.0 Å². The van der Waals surface area contributed by atoms with Crippen molar-refractivity contribution in [1.29, 1.82) is 0 Å². The monoisotopic (exact) mass is 343 g/mol. The minimum absolute atomic E-state index is 0.0260. The molecule has 0 aliphatic rings. The third-order valence-electron chi connectivity index (χ3n) is 3.65. The van der Waals surface area contributed by atoms with Gasteiger partial charge in [0.25, 0.3) is 0 Å². The van der Waals surface area contributed by atoms with Crippen molar-refractivity contribution in [1.82, 2.24) is 0 Å². The van der Waals surface area contributed by atoms with Crippen LogP contribution in [0.3, 0.4) is 0 Å². The van der Waals surface area contributed by atoms with Crippen LogP contribution in [0.25, 0.3) is 0 Å². The number of aliphatic hydroxyl groups excluding tert-OH is 1. The van der Waals surface area contributed by atoms with E-state index in [0.29, 0.717) is 19.6 Å². The third-order valence-corrected chi connectivity index (χ3v) is 4.79. The highest BCUT2D eigenvalue weighted by atomic mass is 32.1. The molecule has 1 aromatic heterocycles. The summed E-state index contributed by atoms with van der Waals surface area (Å²) in [5.74, 6) is 6.54. The van der Waals surface area contributed by atoms with Crippen LogP contribution in [0.15, 0.2) is 42.5 Å². The van der Waals surface area contributed by atoms with Crippen LogP contribution in [0.1, 0.15) is 41.1 Å². The van der Waals surface area contributed by atoms with E-state index in [4.69, 9.17) is 15.6 Å². The van der Waals surface area contributed by atoms with Crippen molar-refractivity contribution < 1.29 is 9.84 Å². The van der Waals surface area contributed by atoms with Crippen LogP contribution >= 0.6 is 11.3 Å². The Morgan fingerprint density at radius 2 is 2.00 bits per heavy atom. The fourth-order valence-corrected chi connectivity index (χ4v) is 3.18. The standard InChI is InChI=1S/C20H25NO2S/c1-16(14-22)13-19(21)20-11-10-18(24-20)9-5-6-12-23-15-17-7-3-2-4-8-17/h2-4,7-8,10-11,16,19,22H,6,12-15,21H2,1H3/t16-,19?/m1/s1. The van der Waals surface area contributed by atoms with Gasteiger partial charge in [-0.05, 0) is 30.0 Å². The molecule has 1 heterocycles. The topological polar surface area (TPSA) is 55.5 Å². The Morgan fingerprint density at radius 1 is 1.21 bits per heavy atom. The zero-order valence-electron chi connectivity index (χ0n) is 14.1. The van der Waals surface area contributed by atoms with Gasteiger partial charge in [-0.25, -0.2) is 0 Å². The van der Waals surface area contributed by atoms with Gasteiger partial charge in [0.1, 0.15) is 0 Å². The SMILES string of the molecule is C[C@@H](CO)CC(N)c1ccc(C#CCCOCc2ccccc2)s1. The molecule has 128 valence electrons. The highest BCUT2D eigenvalue weighted by molar-refractivity contribution is 7.12. The van der Waals surface area contributed by atoms with Crippen LogP contribution in [0.5, 0.6) is 0 Å². The van der Waals surface area contributed by atoms with Crippen molar-refractivity contribution in [3.05, 3.63) is 57.8 Å². The number of hydrogen-bond acceptors (Lipinski definition) is 4. The number of nitrogens with two attached hydrogens (primary N) is 1. The first kappa shape index (κ1) is 18.7. The molecule has 0 saturated heterocycles. The number of aliphatic hydroxyl groups is 1. The number of rotatable bonds is 8. The minimum Gasteiger partial charge on any atom is -0.396 e. The van der Waals surface area contributed by atoms with Crippen LogP contribution in [-0.2, 0) is 11.3 Å². The highest BCUT2D eigenvalue weighted by Crippen LogP contribution is 2.25. The molecule has 0 fully saturated rings. The third kappa shape index (κ3) is 6.46. The largest absolute Gasteiger partial charge is 0.396 e. The van der Waals surface area contributed by atoms with Crippen LogP contribution in [0, 0.1) is 17.8 Å². The predicted octanol–water partition coefficient (Wildman–Crippen LogP) is 3.72. The van der Waals surface area contributed by atoms with Crippen molar-refractivity contribution in [2.45, 2.75) is 32.4 Å². The van der Waals surface area contributed by atoms with E-state index in [-0.39, 0.29) is 18.6 Å². The van der Waals surface area contributed by atoms with Gasteiger partial charge in [-0.1, -0.05) is 49.1 Å². The summed E-state index contributed by atoms with van der Waals surface area (Å²) >= 11 is 1.63. The molecule has 24 heavy (non-hydrogen) atoms. The molecule has 0 radical (unpaired) electrons. The van der Waals surface area contributed by atoms with Crippen LogP contribution in [0.2, 0.25) is 0 Å². The highest BCUT2D eigenvalue weighted by Gasteiger charge is 2.12. The Bertz CT molecular complexity index is 657. The second-order valence-electron chi connectivity index (χ2n) is 5.92. The average molecular weight is 343 g/mol. The second kappa shape index (κ2) is 10.3. The van der Waals surface area contributed by atoms with E-state index in [1.807, 2.05) is 37.3 Å². The first-order valence-electron chi connectivity index (χ1n) is 8.25. The molecule has 0 bridgehead atoms. The van der Waals surface area contributed by atoms with E-state index in [9.17, 15) is 0 Å². The van der Waals surface area contributed by atoms with Gasteiger partial charge in [0.15, 0.2) is 0 Å². The molecule has 4 heteroatoms. The number of ether oxygens (including phenoxy) is 1. The van der Waals surface area contributed by atoms with E-state index >= 15 is 0 Å². The Hall–Kier alpha value is -1.64.